The lowest BCUT2D eigenvalue weighted by Gasteiger charge is -2.25. The first-order valence-electron chi connectivity index (χ1n) is 5.19. The van der Waals surface area contributed by atoms with Crippen molar-refractivity contribution in [1.29, 1.82) is 0 Å². The Morgan fingerprint density at radius 1 is 1.29 bits per heavy atom. The molecular formula is C12H17BrO. The molecule has 1 aliphatic carbocycles. The Kier molecular flexibility index (Phi) is 4.63. The van der Waals surface area contributed by atoms with E-state index in [1.54, 1.807) is 0 Å². The van der Waals surface area contributed by atoms with Crippen molar-refractivity contribution in [1.82, 2.24) is 0 Å². The Bertz CT molecular complexity index is 285. The number of aliphatic hydroxyl groups excluding tert-OH is 1. The number of aliphatic hydroxyl groups is 1. The fraction of sp³-hybridized carbons (Fsp3) is 0.500. The molecule has 1 aliphatic rings. The highest BCUT2D eigenvalue weighted by atomic mass is 79.9. The maximum Gasteiger partial charge on any atom is 0.0709 e. The molecule has 2 rings (SSSR count). The van der Waals surface area contributed by atoms with Gasteiger partial charge in [0, 0.05) is 0 Å². The van der Waals surface area contributed by atoms with Crippen molar-refractivity contribution in [3.05, 3.63) is 35.4 Å². The molecule has 2 atom stereocenters. The number of hydrogen-bond donors (Lipinski definition) is 1. The van der Waals surface area contributed by atoms with Crippen molar-refractivity contribution in [2.24, 2.45) is 0 Å². The fourth-order valence-electron chi connectivity index (χ4n) is 1.69. The molecule has 0 amide bonds. The highest BCUT2D eigenvalue weighted by Crippen LogP contribution is 2.35. The van der Waals surface area contributed by atoms with Gasteiger partial charge in [-0.05, 0) is 24.0 Å². The second-order valence-corrected chi connectivity index (χ2v) is 4.19. The van der Waals surface area contributed by atoms with E-state index in [1.165, 1.54) is 11.1 Å². The highest BCUT2D eigenvalue weighted by molar-refractivity contribution is 9.09. The molecule has 1 aromatic carbocycles. The molecule has 0 saturated carbocycles. The fourth-order valence-corrected chi connectivity index (χ4v) is 2.40. The standard InChI is InChI=1S/C10H11BrO.C2H6/c11-10-8-4-2-1-3-7(8)5-6-9(10)12;1-2/h1-4,9-10,12H,5-6H2;1-2H3. The van der Waals surface area contributed by atoms with Crippen molar-refractivity contribution in [3.63, 3.8) is 0 Å². The Morgan fingerprint density at radius 3 is 2.64 bits per heavy atom. The molecule has 0 aromatic heterocycles. The van der Waals surface area contributed by atoms with Gasteiger partial charge in [-0.3, -0.25) is 0 Å². The van der Waals surface area contributed by atoms with Crippen LogP contribution in [-0.2, 0) is 6.42 Å². The maximum absolute atomic E-state index is 9.58. The van der Waals surface area contributed by atoms with Gasteiger partial charge < -0.3 is 5.11 Å². The molecule has 78 valence electrons. The molecule has 1 aromatic rings. The smallest absolute Gasteiger partial charge is 0.0709 e. The highest BCUT2D eigenvalue weighted by Gasteiger charge is 2.24. The van der Waals surface area contributed by atoms with Crippen molar-refractivity contribution in [3.8, 4) is 0 Å². The summed E-state index contributed by atoms with van der Waals surface area (Å²) in [5.74, 6) is 0. The normalized spacial score (nSPS) is 24.6. The van der Waals surface area contributed by atoms with Gasteiger partial charge in [0.1, 0.15) is 0 Å². The second kappa shape index (κ2) is 5.52. The summed E-state index contributed by atoms with van der Waals surface area (Å²) in [6.45, 7) is 4.00. The molecule has 0 heterocycles. The number of aryl methyl sites for hydroxylation is 1. The number of halogens is 1. The SMILES string of the molecule is CC.OC1CCc2ccccc2C1Br. The summed E-state index contributed by atoms with van der Waals surface area (Å²) in [4.78, 5) is 0.127. The van der Waals surface area contributed by atoms with Crippen molar-refractivity contribution in [2.45, 2.75) is 37.6 Å². The predicted molar refractivity (Wildman–Crippen MR) is 63.8 cm³/mol. The van der Waals surface area contributed by atoms with E-state index in [4.69, 9.17) is 0 Å². The molecule has 1 N–H and O–H groups in total. The number of rotatable bonds is 0. The Balaban J connectivity index is 0.000000461. The van der Waals surface area contributed by atoms with Crippen LogP contribution in [0.3, 0.4) is 0 Å². The quantitative estimate of drug-likeness (QED) is 0.706. The van der Waals surface area contributed by atoms with E-state index in [0.29, 0.717) is 0 Å². The van der Waals surface area contributed by atoms with Crippen molar-refractivity contribution < 1.29 is 5.11 Å². The zero-order valence-electron chi connectivity index (χ0n) is 8.70. The van der Waals surface area contributed by atoms with Crippen LogP contribution in [0.25, 0.3) is 0 Å². The molecule has 2 unspecified atom stereocenters. The number of fused-ring (bicyclic) bond motifs is 1. The second-order valence-electron chi connectivity index (χ2n) is 3.21. The summed E-state index contributed by atoms with van der Waals surface area (Å²) in [5, 5.41) is 9.58. The lowest BCUT2D eigenvalue weighted by atomic mass is 9.90. The zero-order chi connectivity index (χ0) is 10.6. The lowest BCUT2D eigenvalue weighted by molar-refractivity contribution is 0.157. The van der Waals surface area contributed by atoms with Crippen LogP contribution < -0.4 is 0 Å². The number of hydrogen-bond acceptors (Lipinski definition) is 1. The van der Waals surface area contributed by atoms with Gasteiger partial charge in [-0.1, -0.05) is 54.0 Å². The van der Waals surface area contributed by atoms with Crippen LogP contribution in [-0.4, -0.2) is 11.2 Å². The summed E-state index contributed by atoms with van der Waals surface area (Å²) in [6, 6.07) is 8.29. The zero-order valence-corrected chi connectivity index (χ0v) is 10.3. The van der Waals surface area contributed by atoms with Gasteiger partial charge in [-0.15, -0.1) is 0 Å². The van der Waals surface area contributed by atoms with E-state index in [1.807, 2.05) is 19.9 Å². The predicted octanol–water partition coefficient (Wildman–Crippen LogP) is 3.46. The van der Waals surface area contributed by atoms with E-state index < -0.39 is 0 Å². The minimum Gasteiger partial charge on any atom is -0.392 e. The first-order chi connectivity index (χ1) is 6.79. The van der Waals surface area contributed by atoms with E-state index in [9.17, 15) is 5.11 Å². The van der Waals surface area contributed by atoms with Gasteiger partial charge in [-0.25, -0.2) is 0 Å². The molecule has 0 radical (unpaired) electrons. The van der Waals surface area contributed by atoms with Crippen molar-refractivity contribution >= 4 is 15.9 Å². The van der Waals surface area contributed by atoms with Gasteiger partial charge in [0.15, 0.2) is 0 Å². The summed E-state index contributed by atoms with van der Waals surface area (Å²) in [6.07, 6.45) is 1.65. The van der Waals surface area contributed by atoms with E-state index >= 15 is 0 Å². The van der Waals surface area contributed by atoms with E-state index in [-0.39, 0.29) is 10.9 Å². The Hall–Kier alpha value is -0.340. The van der Waals surface area contributed by atoms with Crippen LogP contribution in [0.1, 0.15) is 36.2 Å². The first-order valence-corrected chi connectivity index (χ1v) is 6.10. The van der Waals surface area contributed by atoms with Crippen LogP contribution in [0.2, 0.25) is 0 Å². The van der Waals surface area contributed by atoms with Gasteiger partial charge in [-0.2, -0.15) is 0 Å². The third-order valence-corrected chi connectivity index (χ3v) is 3.50. The third kappa shape index (κ3) is 2.37. The van der Waals surface area contributed by atoms with Crippen LogP contribution in [0.15, 0.2) is 24.3 Å². The summed E-state index contributed by atoms with van der Waals surface area (Å²) in [7, 11) is 0. The molecule has 0 bridgehead atoms. The van der Waals surface area contributed by atoms with E-state index in [0.717, 1.165) is 12.8 Å². The molecule has 0 spiro atoms. The van der Waals surface area contributed by atoms with Gasteiger partial charge in [0.25, 0.3) is 0 Å². The molecule has 0 fully saturated rings. The van der Waals surface area contributed by atoms with E-state index in [2.05, 4.69) is 34.1 Å². The monoisotopic (exact) mass is 256 g/mol. The minimum absolute atomic E-state index is 0.127. The molecular weight excluding hydrogens is 240 g/mol. The summed E-state index contributed by atoms with van der Waals surface area (Å²) >= 11 is 3.50. The topological polar surface area (TPSA) is 20.2 Å². The van der Waals surface area contributed by atoms with Crippen LogP contribution in [0.4, 0.5) is 0 Å². The van der Waals surface area contributed by atoms with Gasteiger partial charge >= 0.3 is 0 Å². The van der Waals surface area contributed by atoms with Gasteiger partial charge in [0.05, 0.1) is 10.9 Å². The molecule has 1 nitrogen and oxygen atoms in total. The number of alkyl halides is 1. The largest absolute Gasteiger partial charge is 0.392 e. The van der Waals surface area contributed by atoms with Crippen LogP contribution >= 0.6 is 15.9 Å². The van der Waals surface area contributed by atoms with Crippen molar-refractivity contribution in [2.75, 3.05) is 0 Å². The molecule has 14 heavy (non-hydrogen) atoms. The molecule has 0 aliphatic heterocycles. The third-order valence-electron chi connectivity index (χ3n) is 2.40. The summed E-state index contributed by atoms with van der Waals surface area (Å²) in [5.41, 5.74) is 2.61. The maximum atomic E-state index is 9.58. The van der Waals surface area contributed by atoms with Crippen LogP contribution in [0, 0.1) is 0 Å². The Labute approximate surface area is 94.3 Å². The first kappa shape index (κ1) is 11.7. The molecule has 2 heteroatoms. The number of benzene rings is 1. The van der Waals surface area contributed by atoms with Crippen LogP contribution in [0.5, 0.6) is 0 Å². The minimum atomic E-state index is -0.222. The molecule has 0 saturated heterocycles. The Morgan fingerprint density at radius 2 is 1.93 bits per heavy atom. The summed E-state index contributed by atoms with van der Waals surface area (Å²) < 4.78 is 0. The van der Waals surface area contributed by atoms with Gasteiger partial charge in [0.2, 0.25) is 0 Å². The average Bonchev–Trinajstić information content (AvgIpc) is 2.27. The lowest BCUT2D eigenvalue weighted by Crippen LogP contribution is -2.20. The average molecular weight is 257 g/mol.